The molecule has 0 radical (unpaired) electrons. The number of benzene rings is 9. The number of aromatic nitrogens is 2. The molecule has 0 saturated carbocycles. The quantitative estimate of drug-likeness (QED) is 0.134. The zero-order valence-electron chi connectivity index (χ0n) is 28.3. The van der Waals surface area contributed by atoms with Gasteiger partial charge in [-0.1, -0.05) is 146 Å². The highest BCUT2D eigenvalue weighted by Gasteiger charge is 2.20. The van der Waals surface area contributed by atoms with Gasteiger partial charge in [0.15, 0.2) is 0 Å². The molecule has 0 unspecified atom stereocenters. The zero-order chi connectivity index (χ0) is 33.9. The summed E-state index contributed by atoms with van der Waals surface area (Å²) in [5.41, 5.74) is 10.7. The van der Waals surface area contributed by atoms with Crippen LogP contribution in [0.3, 0.4) is 0 Å². The second kappa shape index (κ2) is 11.8. The summed E-state index contributed by atoms with van der Waals surface area (Å²) < 4.78 is 2.30. The number of rotatable bonds is 5. The van der Waals surface area contributed by atoms with Crippen molar-refractivity contribution in [2.45, 2.75) is 13.3 Å². The van der Waals surface area contributed by atoms with E-state index in [4.69, 9.17) is 4.98 Å². The number of aryl methyl sites for hydroxylation is 1. The molecule has 0 saturated heterocycles. The fraction of sp³-hybridized carbons (Fsp3) is 0.0408. The van der Waals surface area contributed by atoms with Crippen molar-refractivity contribution in [3.63, 3.8) is 0 Å². The van der Waals surface area contributed by atoms with E-state index in [2.05, 4.69) is 187 Å². The smallest absolute Gasteiger partial charge is 0.114 e. The van der Waals surface area contributed by atoms with E-state index in [1.54, 1.807) is 0 Å². The predicted molar refractivity (Wildman–Crippen MR) is 217 cm³/mol. The first-order valence-electron chi connectivity index (χ1n) is 17.8. The van der Waals surface area contributed by atoms with Gasteiger partial charge in [-0.3, -0.25) is 4.57 Å². The van der Waals surface area contributed by atoms with E-state index in [9.17, 15) is 0 Å². The molecule has 0 spiro atoms. The van der Waals surface area contributed by atoms with Gasteiger partial charge in [-0.2, -0.15) is 0 Å². The Morgan fingerprint density at radius 1 is 0.431 bits per heavy atom. The van der Waals surface area contributed by atoms with Crippen LogP contribution in [0, 0.1) is 0 Å². The Kier molecular flexibility index (Phi) is 6.82. The number of hydrogen-bond acceptors (Lipinski definition) is 1. The standard InChI is InChI=1S/C49H34N2/c1-2-47-50-45-22-12-13-23-46(45)51(47)36-27-24-33(25-28-36)48-40-20-10-11-21-41(40)49(44-30-34(26-29-42(44)48)32-14-4-3-5-15-32)43-31-35-16-6-7-17-37(35)38-18-8-9-19-39(38)43/h3-31H,2H2,1H3. The van der Waals surface area contributed by atoms with E-state index in [1.165, 1.54) is 76.5 Å². The number of imidazole rings is 1. The summed E-state index contributed by atoms with van der Waals surface area (Å²) in [6.45, 7) is 2.17. The summed E-state index contributed by atoms with van der Waals surface area (Å²) >= 11 is 0. The van der Waals surface area contributed by atoms with Crippen LogP contribution in [0.5, 0.6) is 0 Å². The molecule has 0 aliphatic rings. The first-order valence-corrected chi connectivity index (χ1v) is 17.8. The van der Waals surface area contributed by atoms with Crippen LogP contribution in [-0.2, 0) is 6.42 Å². The lowest BCUT2D eigenvalue weighted by molar-refractivity contribution is 0.908. The van der Waals surface area contributed by atoms with E-state index in [-0.39, 0.29) is 0 Å². The summed E-state index contributed by atoms with van der Waals surface area (Å²) in [4.78, 5) is 4.95. The van der Waals surface area contributed by atoms with Gasteiger partial charge in [0.25, 0.3) is 0 Å². The molecule has 10 rings (SSSR count). The third kappa shape index (κ3) is 4.68. The largest absolute Gasteiger partial charge is 0.296 e. The molecule has 51 heavy (non-hydrogen) atoms. The van der Waals surface area contributed by atoms with Crippen LogP contribution < -0.4 is 0 Å². The zero-order valence-corrected chi connectivity index (χ0v) is 28.3. The van der Waals surface area contributed by atoms with Gasteiger partial charge in [-0.25, -0.2) is 4.98 Å². The molecule has 2 nitrogen and oxygen atoms in total. The lowest BCUT2D eigenvalue weighted by Crippen LogP contribution is -2.00. The highest BCUT2D eigenvalue weighted by atomic mass is 15.1. The van der Waals surface area contributed by atoms with Crippen molar-refractivity contribution in [3.8, 4) is 39.1 Å². The van der Waals surface area contributed by atoms with Gasteiger partial charge < -0.3 is 0 Å². The summed E-state index contributed by atoms with van der Waals surface area (Å²) in [6.07, 6.45) is 0.861. The Morgan fingerprint density at radius 2 is 1.04 bits per heavy atom. The molecule has 0 fully saturated rings. The van der Waals surface area contributed by atoms with Crippen LogP contribution in [0.2, 0.25) is 0 Å². The maximum Gasteiger partial charge on any atom is 0.114 e. The molecule has 1 heterocycles. The first kappa shape index (κ1) is 29.4. The minimum Gasteiger partial charge on any atom is -0.296 e. The summed E-state index contributed by atoms with van der Waals surface area (Å²) in [5.74, 6) is 1.07. The first-order chi connectivity index (χ1) is 25.3. The van der Waals surface area contributed by atoms with Crippen molar-refractivity contribution in [1.82, 2.24) is 9.55 Å². The van der Waals surface area contributed by atoms with E-state index < -0.39 is 0 Å². The average Bonchev–Trinajstić information content (AvgIpc) is 3.59. The van der Waals surface area contributed by atoms with Gasteiger partial charge in [0.05, 0.1) is 11.0 Å². The second-order valence-corrected chi connectivity index (χ2v) is 13.4. The number of fused-ring (bicyclic) bond motifs is 6. The SMILES string of the molecule is CCc1nc2ccccc2n1-c1ccc(-c2c3ccccc3c(-c3cc4ccccc4c4ccccc34)c3cc(-c4ccccc4)ccc23)cc1. The van der Waals surface area contributed by atoms with Crippen molar-refractivity contribution < 1.29 is 0 Å². The Labute approximate surface area is 296 Å². The van der Waals surface area contributed by atoms with E-state index in [1.807, 2.05) is 0 Å². The summed E-state index contributed by atoms with van der Waals surface area (Å²) in [6, 6.07) is 64.4. The van der Waals surface area contributed by atoms with E-state index in [0.717, 1.165) is 29.0 Å². The topological polar surface area (TPSA) is 17.8 Å². The lowest BCUT2D eigenvalue weighted by Gasteiger charge is -2.20. The lowest BCUT2D eigenvalue weighted by atomic mass is 9.83. The second-order valence-electron chi connectivity index (χ2n) is 13.4. The molecule has 10 aromatic rings. The molecule has 0 atom stereocenters. The molecule has 9 aromatic carbocycles. The van der Waals surface area contributed by atoms with Crippen LogP contribution in [0.25, 0.3) is 93.2 Å². The third-order valence-corrected chi connectivity index (χ3v) is 10.5. The fourth-order valence-corrected chi connectivity index (χ4v) is 8.23. The van der Waals surface area contributed by atoms with E-state index in [0.29, 0.717) is 0 Å². The summed E-state index contributed by atoms with van der Waals surface area (Å²) in [5, 5.41) is 10.1. The molecule has 240 valence electrons. The molecular formula is C49H34N2. The van der Waals surface area contributed by atoms with Gasteiger partial charge in [0.1, 0.15) is 5.82 Å². The highest BCUT2D eigenvalue weighted by molar-refractivity contribution is 6.26. The monoisotopic (exact) mass is 650 g/mol. The van der Waals surface area contributed by atoms with Crippen molar-refractivity contribution in [3.05, 3.63) is 182 Å². The molecule has 1 aromatic heterocycles. The molecular weight excluding hydrogens is 617 g/mol. The molecule has 0 bridgehead atoms. The van der Waals surface area contributed by atoms with Gasteiger partial charge in [0.2, 0.25) is 0 Å². The van der Waals surface area contributed by atoms with Crippen LogP contribution in [-0.4, -0.2) is 9.55 Å². The Balaban J connectivity index is 1.28. The fourth-order valence-electron chi connectivity index (χ4n) is 8.23. The number of hydrogen-bond donors (Lipinski definition) is 0. The molecule has 0 amide bonds. The van der Waals surface area contributed by atoms with Crippen LogP contribution in [0.15, 0.2) is 176 Å². The molecule has 0 aliphatic carbocycles. The minimum absolute atomic E-state index is 0.861. The summed E-state index contributed by atoms with van der Waals surface area (Å²) in [7, 11) is 0. The van der Waals surface area contributed by atoms with Gasteiger partial charge >= 0.3 is 0 Å². The maximum atomic E-state index is 4.95. The minimum atomic E-state index is 0.861. The Hall–Kier alpha value is -6.51. The van der Waals surface area contributed by atoms with Gasteiger partial charge in [-0.15, -0.1) is 0 Å². The van der Waals surface area contributed by atoms with Crippen molar-refractivity contribution in [2.24, 2.45) is 0 Å². The van der Waals surface area contributed by atoms with Crippen LogP contribution in [0.4, 0.5) is 0 Å². The van der Waals surface area contributed by atoms with Crippen molar-refractivity contribution >= 4 is 54.1 Å². The van der Waals surface area contributed by atoms with Crippen LogP contribution in [0.1, 0.15) is 12.7 Å². The number of para-hydroxylation sites is 2. The third-order valence-electron chi connectivity index (χ3n) is 10.5. The Bertz CT molecular complexity index is 2930. The van der Waals surface area contributed by atoms with Crippen molar-refractivity contribution in [1.29, 1.82) is 0 Å². The number of nitrogens with zero attached hydrogens (tertiary/aromatic N) is 2. The Morgan fingerprint density at radius 3 is 1.82 bits per heavy atom. The van der Waals surface area contributed by atoms with Gasteiger partial charge in [0, 0.05) is 12.1 Å². The van der Waals surface area contributed by atoms with E-state index >= 15 is 0 Å². The highest BCUT2D eigenvalue weighted by Crippen LogP contribution is 2.47. The normalized spacial score (nSPS) is 11.7. The van der Waals surface area contributed by atoms with Crippen molar-refractivity contribution in [2.75, 3.05) is 0 Å². The molecule has 0 N–H and O–H groups in total. The maximum absolute atomic E-state index is 4.95. The molecule has 2 heteroatoms. The van der Waals surface area contributed by atoms with Gasteiger partial charge in [-0.05, 0) is 113 Å². The van der Waals surface area contributed by atoms with Crippen LogP contribution >= 0.6 is 0 Å². The predicted octanol–water partition coefficient (Wildman–Crippen LogP) is 13.2. The molecule has 0 aliphatic heterocycles. The average molecular weight is 651 g/mol.